The second-order valence-electron chi connectivity index (χ2n) is 3.98. The van der Waals surface area contributed by atoms with Crippen LogP contribution in [0, 0.1) is 13.8 Å². The van der Waals surface area contributed by atoms with Crippen molar-refractivity contribution in [3.05, 3.63) is 44.7 Å². The van der Waals surface area contributed by atoms with Gasteiger partial charge in [-0.2, -0.15) is 0 Å². The summed E-state index contributed by atoms with van der Waals surface area (Å²) >= 11 is 4.80. The van der Waals surface area contributed by atoms with Crippen molar-refractivity contribution in [2.45, 2.75) is 13.8 Å². The van der Waals surface area contributed by atoms with Gasteiger partial charge >= 0.3 is 0 Å². The number of nitrogen functional groups attached to an aromatic ring is 1. The van der Waals surface area contributed by atoms with E-state index in [1.54, 1.807) is 0 Å². The van der Waals surface area contributed by atoms with Gasteiger partial charge in [-0.05, 0) is 43.7 Å². The molecule has 0 atom stereocenters. The molecule has 1 aromatic carbocycles. The molecule has 0 fully saturated rings. The summed E-state index contributed by atoms with van der Waals surface area (Å²) in [5.74, 6) is -0.156. The number of carbonyl (C=O) groups is 1. The number of anilines is 2. The molecule has 2 aromatic rings. The molecule has 0 bridgehead atoms. The van der Waals surface area contributed by atoms with E-state index in [-0.39, 0.29) is 5.91 Å². The molecule has 0 unspecified atom stereocenters. The Kier molecular flexibility index (Phi) is 3.73. The van der Waals surface area contributed by atoms with E-state index in [4.69, 9.17) is 5.73 Å². The number of aryl methyl sites for hydroxylation is 1. The third-order valence-corrected chi connectivity index (χ3v) is 4.31. The predicted octanol–water partition coefficient (Wildman–Crippen LogP) is 3.96. The van der Waals surface area contributed by atoms with Gasteiger partial charge in [-0.15, -0.1) is 11.3 Å². The molecule has 5 heteroatoms. The smallest absolute Gasteiger partial charge is 0.258 e. The highest BCUT2D eigenvalue weighted by molar-refractivity contribution is 9.10. The number of nitrogens with two attached hydrogens (primary N) is 1. The van der Waals surface area contributed by atoms with Crippen LogP contribution >= 0.6 is 27.3 Å². The first kappa shape index (κ1) is 13.1. The largest absolute Gasteiger partial charge is 0.390 e. The molecule has 0 radical (unpaired) electrons. The Balaban J connectivity index is 2.24. The molecule has 94 valence electrons. The lowest BCUT2D eigenvalue weighted by Gasteiger charge is -2.06. The number of thiophene rings is 1. The number of hydrogen-bond acceptors (Lipinski definition) is 3. The second-order valence-corrected chi connectivity index (χ2v) is 6.16. The summed E-state index contributed by atoms with van der Waals surface area (Å²) in [5, 5.41) is 3.42. The van der Waals surface area contributed by atoms with Crippen LogP contribution in [0.5, 0.6) is 0 Å². The Bertz CT molecular complexity index is 590. The Morgan fingerprint density at radius 3 is 2.39 bits per heavy atom. The van der Waals surface area contributed by atoms with Gasteiger partial charge in [0.15, 0.2) is 0 Å². The third-order valence-electron chi connectivity index (χ3n) is 2.74. The van der Waals surface area contributed by atoms with E-state index < -0.39 is 0 Å². The molecular weight excluding hydrogens is 312 g/mol. The standard InChI is InChI=1S/C13H13BrN2OS/c1-7-8(2)18-12(15)11(7)13(17)16-10-5-3-9(14)4-6-10/h3-6H,15H2,1-2H3,(H,16,17). The molecule has 0 aliphatic carbocycles. The summed E-state index contributed by atoms with van der Waals surface area (Å²) < 4.78 is 0.975. The minimum Gasteiger partial charge on any atom is -0.390 e. The summed E-state index contributed by atoms with van der Waals surface area (Å²) in [6, 6.07) is 7.44. The molecule has 3 N–H and O–H groups in total. The number of carbonyl (C=O) groups excluding carboxylic acids is 1. The molecule has 0 saturated carbocycles. The van der Waals surface area contributed by atoms with Crippen molar-refractivity contribution in [2.24, 2.45) is 0 Å². The van der Waals surface area contributed by atoms with Gasteiger partial charge in [-0.25, -0.2) is 0 Å². The van der Waals surface area contributed by atoms with E-state index in [9.17, 15) is 4.79 Å². The molecule has 1 amide bonds. The lowest BCUT2D eigenvalue weighted by Crippen LogP contribution is -2.13. The highest BCUT2D eigenvalue weighted by atomic mass is 79.9. The van der Waals surface area contributed by atoms with Gasteiger partial charge in [0.05, 0.1) is 10.6 Å². The maximum atomic E-state index is 12.2. The molecule has 0 aliphatic rings. The second kappa shape index (κ2) is 5.12. The van der Waals surface area contributed by atoms with Crippen LogP contribution in [0.2, 0.25) is 0 Å². The van der Waals surface area contributed by atoms with E-state index in [0.29, 0.717) is 10.6 Å². The summed E-state index contributed by atoms with van der Waals surface area (Å²) in [6.07, 6.45) is 0. The Labute approximate surface area is 118 Å². The van der Waals surface area contributed by atoms with Gasteiger partial charge in [-0.3, -0.25) is 4.79 Å². The van der Waals surface area contributed by atoms with E-state index in [1.807, 2.05) is 38.1 Å². The first-order valence-electron chi connectivity index (χ1n) is 5.41. The van der Waals surface area contributed by atoms with Crippen LogP contribution in [0.25, 0.3) is 0 Å². The average Bonchev–Trinajstić information content (AvgIpc) is 2.56. The van der Waals surface area contributed by atoms with Crippen LogP contribution in [0.3, 0.4) is 0 Å². The molecule has 0 spiro atoms. The van der Waals surface area contributed by atoms with Crippen molar-refractivity contribution in [2.75, 3.05) is 11.1 Å². The number of amides is 1. The van der Waals surface area contributed by atoms with E-state index in [0.717, 1.165) is 20.6 Å². The predicted molar refractivity (Wildman–Crippen MR) is 80.3 cm³/mol. The minimum absolute atomic E-state index is 0.156. The van der Waals surface area contributed by atoms with Gasteiger partial charge in [0.25, 0.3) is 5.91 Å². The zero-order valence-electron chi connectivity index (χ0n) is 10.1. The monoisotopic (exact) mass is 324 g/mol. The van der Waals surface area contributed by atoms with E-state index >= 15 is 0 Å². The number of halogens is 1. The fourth-order valence-electron chi connectivity index (χ4n) is 1.66. The Morgan fingerprint density at radius 2 is 1.89 bits per heavy atom. The zero-order valence-corrected chi connectivity index (χ0v) is 12.5. The van der Waals surface area contributed by atoms with Crippen molar-refractivity contribution in [3.8, 4) is 0 Å². The topological polar surface area (TPSA) is 55.1 Å². The number of hydrogen-bond donors (Lipinski definition) is 2. The van der Waals surface area contributed by atoms with Crippen LogP contribution in [-0.4, -0.2) is 5.91 Å². The molecule has 1 heterocycles. The number of rotatable bonds is 2. The summed E-state index contributed by atoms with van der Waals surface area (Å²) in [7, 11) is 0. The summed E-state index contributed by atoms with van der Waals surface area (Å²) in [5.41, 5.74) is 8.16. The Hall–Kier alpha value is -1.33. The van der Waals surface area contributed by atoms with Gasteiger partial charge < -0.3 is 11.1 Å². The van der Waals surface area contributed by atoms with Crippen LogP contribution in [0.4, 0.5) is 10.7 Å². The first-order valence-corrected chi connectivity index (χ1v) is 7.02. The Morgan fingerprint density at radius 1 is 1.28 bits per heavy atom. The fraction of sp³-hybridized carbons (Fsp3) is 0.154. The van der Waals surface area contributed by atoms with Gasteiger partial charge in [-0.1, -0.05) is 15.9 Å². The molecular formula is C13H13BrN2OS. The fourth-order valence-corrected chi connectivity index (χ4v) is 2.86. The van der Waals surface area contributed by atoms with Crippen LogP contribution in [0.1, 0.15) is 20.8 Å². The van der Waals surface area contributed by atoms with Crippen molar-refractivity contribution < 1.29 is 4.79 Å². The molecule has 0 saturated heterocycles. The van der Waals surface area contributed by atoms with Crippen molar-refractivity contribution in [3.63, 3.8) is 0 Å². The van der Waals surface area contributed by atoms with Gasteiger partial charge in [0.1, 0.15) is 0 Å². The summed E-state index contributed by atoms with van der Waals surface area (Å²) in [6.45, 7) is 3.88. The highest BCUT2D eigenvalue weighted by Crippen LogP contribution is 2.30. The molecule has 18 heavy (non-hydrogen) atoms. The number of nitrogens with one attached hydrogen (secondary N) is 1. The van der Waals surface area contributed by atoms with Crippen molar-refractivity contribution in [1.29, 1.82) is 0 Å². The normalized spacial score (nSPS) is 10.4. The molecule has 2 rings (SSSR count). The SMILES string of the molecule is Cc1sc(N)c(C(=O)Nc2ccc(Br)cc2)c1C. The van der Waals surface area contributed by atoms with Crippen molar-refractivity contribution >= 4 is 43.9 Å². The van der Waals surface area contributed by atoms with Crippen molar-refractivity contribution in [1.82, 2.24) is 0 Å². The van der Waals surface area contributed by atoms with Gasteiger partial charge in [0.2, 0.25) is 0 Å². The molecule has 1 aromatic heterocycles. The maximum Gasteiger partial charge on any atom is 0.258 e. The van der Waals surface area contributed by atoms with Crippen LogP contribution in [-0.2, 0) is 0 Å². The maximum absolute atomic E-state index is 12.2. The van der Waals surface area contributed by atoms with E-state index in [2.05, 4.69) is 21.2 Å². The number of benzene rings is 1. The van der Waals surface area contributed by atoms with Crippen LogP contribution < -0.4 is 11.1 Å². The lowest BCUT2D eigenvalue weighted by atomic mass is 10.1. The summed E-state index contributed by atoms with van der Waals surface area (Å²) in [4.78, 5) is 13.2. The minimum atomic E-state index is -0.156. The molecule has 0 aliphatic heterocycles. The first-order chi connectivity index (χ1) is 8.49. The quantitative estimate of drug-likeness (QED) is 0.878. The van der Waals surface area contributed by atoms with Gasteiger partial charge in [0, 0.05) is 15.0 Å². The molecule has 3 nitrogen and oxygen atoms in total. The third kappa shape index (κ3) is 2.57. The van der Waals surface area contributed by atoms with E-state index in [1.165, 1.54) is 11.3 Å². The zero-order chi connectivity index (χ0) is 13.3. The average molecular weight is 325 g/mol. The highest BCUT2D eigenvalue weighted by Gasteiger charge is 2.17. The lowest BCUT2D eigenvalue weighted by molar-refractivity contribution is 0.102. The van der Waals surface area contributed by atoms with Crippen LogP contribution in [0.15, 0.2) is 28.7 Å².